The summed E-state index contributed by atoms with van der Waals surface area (Å²) in [7, 11) is 0. The van der Waals surface area contributed by atoms with Crippen molar-refractivity contribution in [1.29, 1.82) is 0 Å². The molecule has 2 aliphatic rings. The van der Waals surface area contributed by atoms with Crippen molar-refractivity contribution >= 4 is 6.09 Å². The molecule has 4 N–H and O–H groups in total. The van der Waals surface area contributed by atoms with Gasteiger partial charge in [0.2, 0.25) is 0 Å². The number of amides is 1. The minimum atomic E-state index is -0.903. The van der Waals surface area contributed by atoms with Gasteiger partial charge in [0.15, 0.2) is 0 Å². The van der Waals surface area contributed by atoms with Gasteiger partial charge in [0.25, 0.3) is 0 Å². The molecule has 0 aromatic carbocycles. The first kappa shape index (κ1) is 8.81. The Labute approximate surface area is 77.5 Å². The van der Waals surface area contributed by atoms with Crippen molar-refractivity contribution in [2.45, 2.75) is 37.8 Å². The molecular formula is C9H16N2O2. The summed E-state index contributed by atoms with van der Waals surface area (Å²) in [6.07, 6.45) is 3.33. The van der Waals surface area contributed by atoms with Crippen LogP contribution in [0.4, 0.5) is 4.79 Å². The Bertz CT molecular complexity index is 206. The Kier molecular flexibility index (Phi) is 2.15. The number of carbonyl (C=O) groups is 1. The van der Waals surface area contributed by atoms with Crippen LogP contribution in [-0.4, -0.2) is 23.3 Å². The first-order valence-electron chi connectivity index (χ1n) is 4.92. The van der Waals surface area contributed by atoms with Gasteiger partial charge in [-0.15, -0.1) is 0 Å². The van der Waals surface area contributed by atoms with Crippen LogP contribution >= 0.6 is 0 Å². The molecule has 4 atom stereocenters. The lowest BCUT2D eigenvalue weighted by atomic mass is 9.82. The van der Waals surface area contributed by atoms with Crippen molar-refractivity contribution in [1.82, 2.24) is 5.32 Å². The number of carboxylic acid groups (broad SMARTS) is 1. The van der Waals surface area contributed by atoms with E-state index in [2.05, 4.69) is 5.32 Å². The van der Waals surface area contributed by atoms with Crippen molar-refractivity contribution in [2.75, 3.05) is 0 Å². The van der Waals surface area contributed by atoms with Gasteiger partial charge in [0.1, 0.15) is 0 Å². The van der Waals surface area contributed by atoms with E-state index in [0.717, 1.165) is 12.8 Å². The summed E-state index contributed by atoms with van der Waals surface area (Å²) in [5.41, 5.74) is 6.00. The molecule has 0 spiro atoms. The summed E-state index contributed by atoms with van der Waals surface area (Å²) in [6.45, 7) is 0. The molecule has 0 aromatic rings. The highest BCUT2D eigenvalue weighted by atomic mass is 16.4. The third-order valence-electron chi connectivity index (χ3n) is 3.50. The smallest absolute Gasteiger partial charge is 0.404 e. The Hall–Kier alpha value is -0.770. The van der Waals surface area contributed by atoms with E-state index in [4.69, 9.17) is 10.8 Å². The van der Waals surface area contributed by atoms with Gasteiger partial charge in [-0.1, -0.05) is 0 Å². The maximum Gasteiger partial charge on any atom is 0.404 e. The number of nitrogens with one attached hydrogen (secondary N) is 1. The van der Waals surface area contributed by atoms with Gasteiger partial charge in [-0.2, -0.15) is 0 Å². The normalized spacial score (nSPS) is 43.2. The summed E-state index contributed by atoms with van der Waals surface area (Å²) in [4.78, 5) is 10.4. The highest BCUT2D eigenvalue weighted by molar-refractivity contribution is 5.64. The molecule has 2 bridgehead atoms. The van der Waals surface area contributed by atoms with Crippen LogP contribution in [0.25, 0.3) is 0 Å². The van der Waals surface area contributed by atoms with Crippen molar-refractivity contribution in [3.05, 3.63) is 0 Å². The molecular weight excluding hydrogens is 168 g/mol. The van der Waals surface area contributed by atoms with E-state index in [1.165, 1.54) is 12.8 Å². The molecule has 0 aromatic heterocycles. The molecule has 4 nitrogen and oxygen atoms in total. The molecule has 0 aliphatic heterocycles. The van der Waals surface area contributed by atoms with Gasteiger partial charge in [0, 0.05) is 12.1 Å². The van der Waals surface area contributed by atoms with Gasteiger partial charge in [-0.25, -0.2) is 4.79 Å². The van der Waals surface area contributed by atoms with E-state index in [0.29, 0.717) is 17.9 Å². The first-order chi connectivity index (χ1) is 6.16. The molecule has 2 fully saturated rings. The maximum atomic E-state index is 10.4. The second-order valence-corrected chi connectivity index (χ2v) is 4.29. The molecule has 2 unspecified atom stereocenters. The Morgan fingerprint density at radius 2 is 1.85 bits per heavy atom. The molecule has 2 saturated carbocycles. The Morgan fingerprint density at radius 1 is 1.31 bits per heavy atom. The van der Waals surface area contributed by atoms with Crippen LogP contribution < -0.4 is 11.1 Å². The number of hydrogen-bond donors (Lipinski definition) is 3. The van der Waals surface area contributed by atoms with Gasteiger partial charge < -0.3 is 16.2 Å². The SMILES string of the molecule is NC1[C@@H]2CC[C@H]1CC(NC(=O)O)C2. The van der Waals surface area contributed by atoms with Crippen LogP contribution in [0.15, 0.2) is 0 Å². The molecule has 4 heteroatoms. The average Bonchev–Trinajstić information content (AvgIpc) is 2.33. The Morgan fingerprint density at radius 3 is 2.31 bits per heavy atom. The van der Waals surface area contributed by atoms with E-state index in [1.54, 1.807) is 0 Å². The van der Waals surface area contributed by atoms with E-state index in [9.17, 15) is 4.79 Å². The number of nitrogens with two attached hydrogens (primary N) is 1. The van der Waals surface area contributed by atoms with E-state index in [-0.39, 0.29) is 6.04 Å². The predicted octanol–water partition coefficient (Wildman–Crippen LogP) is 0.770. The lowest BCUT2D eigenvalue weighted by Crippen LogP contribution is -2.46. The fraction of sp³-hybridized carbons (Fsp3) is 0.889. The fourth-order valence-corrected chi connectivity index (χ4v) is 2.87. The summed E-state index contributed by atoms with van der Waals surface area (Å²) in [6, 6.07) is 0.474. The summed E-state index contributed by atoms with van der Waals surface area (Å²) >= 11 is 0. The van der Waals surface area contributed by atoms with Gasteiger partial charge in [-0.05, 0) is 37.5 Å². The van der Waals surface area contributed by atoms with Crippen molar-refractivity contribution in [3.8, 4) is 0 Å². The highest BCUT2D eigenvalue weighted by Gasteiger charge is 2.40. The number of fused-ring (bicyclic) bond motifs is 2. The maximum absolute atomic E-state index is 10.4. The van der Waals surface area contributed by atoms with Gasteiger partial charge >= 0.3 is 6.09 Å². The zero-order valence-corrected chi connectivity index (χ0v) is 7.57. The number of hydrogen-bond acceptors (Lipinski definition) is 2. The molecule has 1 amide bonds. The Balaban J connectivity index is 1.95. The van der Waals surface area contributed by atoms with Crippen LogP contribution in [0, 0.1) is 11.8 Å². The monoisotopic (exact) mass is 184 g/mol. The largest absolute Gasteiger partial charge is 0.465 e. The van der Waals surface area contributed by atoms with Crippen LogP contribution in [0.5, 0.6) is 0 Å². The molecule has 74 valence electrons. The lowest BCUT2D eigenvalue weighted by molar-refractivity contribution is 0.176. The highest BCUT2D eigenvalue weighted by Crippen LogP contribution is 2.41. The molecule has 0 heterocycles. The predicted molar refractivity (Wildman–Crippen MR) is 48.4 cm³/mol. The standard InChI is InChI=1S/C9H16N2O2/c10-8-5-1-2-6(8)4-7(3-5)11-9(12)13/h5-8,11H,1-4,10H2,(H,12,13)/t5-,6+,7?,8?. The van der Waals surface area contributed by atoms with Crippen LogP contribution in [0.1, 0.15) is 25.7 Å². The fourth-order valence-electron chi connectivity index (χ4n) is 2.87. The minimum Gasteiger partial charge on any atom is -0.465 e. The van der Waals surface area contributed by atoms with Crippen molar-refractivity contribution in [3.63, 3.8) is 0 Å². The number of rotatable bonds is 1. The zero-order valence-electron chi connectivity index (χ0n) is 7.57. The lowest BCUT2D eigenvalue weighted by Gasteiger charge is -2.32. The topological polar surface area (TPSA) is 75.3 Å². The van der Waals surface area contributed by atoms with Crippen molar-refractivity contribution in [2.24, 2.45) is 17.6 Å². The third-order valence-corrected chi connectivity index (χ3v) is 3.50. The average molecular weight is 184 g/mol. The summed E-state index contributed by atoms with van der Waals surface area (Å²) < 4.78 is 0. The first-order valence-corrected chi connectivity index (χ1v) is 4.92. The molecule has 2 aliphatic carbocycles. The van der Waals surface area contributed by atoms with Crippen LogP contribution in [0.2, 0.25) is 0 Å². The molecule has 2 rings (SSSR count). The van der Waals surface area contributed by atoms with E-state index < -0.39 is 6.09 Å². The quantitative estimate of drug-likeness (QED) is 0.563. The second-order valence-electron chi connectivity index (χ2n) is 4.29. The van der Waals surface area contributed by atoms with Crippen LogP contribution in [-0.2, 0) is 0 Å². The zero-order chi connectivity index (χ0) is 9.42. The summed E-state index contributed by atoms with van der Waals surface area (Å²) in [5, 5.41) is 11.1. The van der Waals surface area contributed by atoms with Gasteiger partial charge in [0.05, 0.1) is 0 Å². The van der Waals surface area contributed by atoms with E-state index in [1.807, 2.05) is 0 Å². The van der Waals surface area contributed by atoms with E-state index >= 15 is 0 Å². The van der Waals surface area contributed by atoms with Crippen molar-refractivity contribution < 1.29 is 9.90 Å². The molecule has 0 saturated heterocycles. The van der Waals surface area contributed by atoms with Crippen LogP contribution in [0.3, 0.4) is 0 Å². The minimum absolute atomic E-state index is 0.148. The summed E-state index contributed by atoms with van der Waals surface area (Å²) in [5.74, 6) is 1.10. The second kappa shape index (κ2) is 3.18. The van der Waals surface area contributed by atoms with Gasteiger partial charge in [-0.3, -0.25) is 0 Å². The third kappa shape index (κ3) is 1.63. The molecule has 13 heavy (non-hydrogen) atoms. The molecule has 0 radical (unpaired) electrons.